The summed E-state index contributed by atoms with van der Waals surface area (Å²) in [4.78, 5) is 25.0. The van der Waals surface area contributed by atoms with Crippen LogP contribution in [0.5, 0.6) is 0 Å². The molecule has 1 N–H and O–H groups in total. The fraction of sp³-hybridized carbons (Fsp3) is 0.353. The van der Waals surface area contributed by atoms with E-state index in [-0.39, 0.29) is 23.9 Å². The van der Waals surface area contributed by atoms with Crippen molar-refractivity contribution >= 4 is 33.1 Å². The summed E-state index contributed by atoms with van der Waals surface area (Å²) < 4.78 is 6.40. The maximum absolute atomic E-state index is 12.5. The van der Waals surface area contributed by atoms with E-state index in [9.17, 15) is 9.59 Å². The Bertz CT molecular complexity index is 995. The molecule has 1 amide bonds. The first-order valence-corrected chi connectivity index (χ1v) is 8.93. The summed E-state index contributed by atoms with van der Waals surface area (Å²) >= 11 is 1.26. The Labute approximate surface area is 153 Å². The van der Waals surface area contributed by atoms with E-state index in [0.717, 1.165) is 0 Å². The van der Waals surface area contributed by atoms with Gasteiger partial charge in [-0.2, -0.15) is 5.10 Å². The van der Waals surface area contributed by atoms with Crippen molar-refractivity contribution in [3.05, 3.63) is 45.3 Å². The lowest BCUT2D eigenvalue weighted by atomic mass is 10.1. The Morgan fingerprint density at radius 1 is 1.27 bits per heavy atom. The maximum atomic E-state index is 12.5. The molecule has 3 rings (SSSR count). The normalized spacial score (nSPS) is 11.2. The molecule has 0 saturated carbocycles. The molecule has 0 spiro atoms. The molecule has 0 fully saturated rings. The second kappa shape index (κ2) is 7.71. The number of nitrogens with one attached hydrogen (secondary N) is 1. The van der Waals surface area contributed by atoms with Gasteiger partial charge in [0.1, 0.15) is 11.6 Å². The van der Waals surface area contributed by atoms with Crippen LogP contribution in [-0.2, 0) is 22.6 Å². The quantitative estimate of drug-likeness (QED) is 0.711. The van der Waals surface area contributed by atoms with Crippen LogP contribution in [0.15, 0.2) is 29.1 Å². The Hall–Kier alpha value is -2.65. The minimum absolute atomic E-state index is 0.0344. The average molecular weight is 373 g/mol. The van der Waals surface area contributed by atoms with Crippen molar-refractivity contribution in [2.75, 3.05) is 12.4 Å². The van der Waals surface area contributed by atoms with Crippen molar-refractivity contribution in [1.82, 2.24) is 20.0 Å². The first-order valence-electron chi connectivity index (χ1n) is 8.11. The third-order valence-electron chi connectivity index (χ3n) is 3.70. The van der Waals surface area contributed by atoms with Gasteiger partial charge in [0.2, 0.25) is 11.0 Å². The fourth-order valence-electron chi connectivity index (χ4n) is 2.56. The van der Waals surface area contributed by atoms with Crippen LogP contribution in [0.2, 0.25) is 0 Å². The number of rotatable bonds is 6. The number of carbonyl (C=O) groups is 1. The molecule has 0 aliphatic carbocycles. The number of carbonyl (C=O) groups excluding carboxylic acids is 1. The van der Waals surface area contributed by atoms with Gasteiger partial charge in [-0.05, 0) is 19.9 Å². The fourth-order valence-corrected chi connectivity index (χ4v) is 3.28. The first-order chi connectivity index (χ1) is 12.5. The largest absolute Gasteiger partial charge is 0.377 e. The van der Waals surface area contributed by atoms with Gasteiger partial charge >= 0.3 is 0 Å². The summed E-state index contributed by atoms with van der Waals surface area (Å²) in [6.45, 7) is 4.11. The molecule has 0 atom stereocenters. The number of ether oxygens (including phenoxy) is 1. The van der Waals surface area contributed by atoms with Crippen molar-refractivity contribution in [2.45, 2.75) is 32.9 Å². The molecule has 26 heavy (non-hydrogen) atoms. The Morgan fingerprint density at radius 2 is 2.00 bits per heavy atom. The minimum atomic E-state index is -0.267. The van der Waals surface area contributed by atoms with E-state index in [4.69, 9.17) is 4.74 Å². The summed E-state index contributed by atoms with van der Waals surface area (Å²) in [5.74, 6) is -0.267. The smallest absolute Gasteiger partial charge is 0.274 e. The van der Waals surface area contributed by atoms with Crippen molar-refractivity contribution in [1.29, 1.82) is 0 Å². The predicted molar refractivity (Wildman–Crippen MR) is 99.3 cm³/mol. The number of anilines is 1. The van der Waals surface area contributed by atoms with Gasteiger partial charge in [-0.1, -0.05) is 29.5 Å². The zero-order valence-corrected chi connectivity index (χ0v) is 15.5. The maximum Gasteiger partial charge on any atom is 0.274 e. The number of amides is 1. The van der Waals surface area contributed by atoms with E-state index in [1.54, 1.807) is 25.3 Å². The molecular weight excluding hydrogens is 354 g/mol. The summed E-state index contributed by atoms with van der Waals surface area (Å²) in [5.41, 5.74) is 0.390. The molecule has 3 aromatic rings. The van der Waals surface area contributed by atoms with Crippen LogP contribution >= 0.6 is 11.3 Å². The van der Waals surface area contributed by atoms with E-state index >= 15 is 0 Å². The zero-order valence-electron chi connectivity index (χ0n) is 14.7. The van der Waals surface area contributed by atoms with Crippen molar-refractivity contribution < 1.29 is 9.53 Å². The average Bonchev–Trinajstić information content (AvgIpc) is 3.04. The lowest BCUT2D eigenvalue weighted by Gasteiger charge is -2.13. The molecule has 8 nitrogen and oxygen atoms in total. The summed E-state index contributed by atoms with van der Waals surface area (Å²) in [5, 5.41) is 17.3. The van der Waals surface area contributed by atoms with Gasteiger partial charge in [0.25, 0.3) is 5.56 Å². The second-order valence-corrected chi connectivity index (χ2v) is 7.06. The molecule has 0 bridgehead atoms. The third-order valence-corrected chi connectivity index (χ3v) is 4.52. The number of nitrogens with zero attached hydrogens (tertiary/aromatic N) is 4. The van der Waals surface area contributed by atoms with Crippen molar-refractivity contribution in [3.63, 3.8) is 0 Å². The molecule has 9 heteroatoms. The number of hydrogen-bond acceptors (Lipinski definition) is 7. The standard InChI is InChI=1S/C17H19N5O3S/c1-10(2)22-16(24)12-7-5-4-6-11(12)13(21-22)8-14(23)18-17-20-19-15(26-17)9-25-3/h4-7,10H,8-9H2,1-3H3,(H,18,20,23). The number of methoxy groups -OCH3 is 1. The van der Waals surface area contributed by atoms with Crippen LogP contribution in [0.3, 0.4) is 0 Å². The van der Waals surface area contributed by atoms with Crippen LogP contribution in [0.4, 0.5) is 5.13 Å². The molecule has 0 saturated heterocycles. The van der Waals surface area contributed by atoms with Gasteiger partial charge in [0.15, 0.2) is 0 Å². The monoisotopic (exact) mass is 373 g/mol. The van der Waals surface area contributed by atoms with Crippen LogP contribution in [0, 0.1) is 0 Å². The van der Waals surface area contributed by atoms with Gasteiger partial charge in [-0.25, -0.2) is 4.68 Å². The van der Waals surface area contributed by atoms with Crippen molar-refractivity contribution in [2.24, 2.45) is 0 Å². The number of fused-ring (bicyclic) bond motifs is 1. The predicted octanol–water partition coefficient (Wildman–Crippen LogP) is 2.16. The molecule has 2 aromatic heterocycles. The minimum Gasteiger partial charge on any atom is -0.377 e. The Morgan fingerprint density at radius 3 is 2.69 bits per heavy atom. The zero-order chi connectivity index (χ0) is 18.7. The Kier molecular flexibility index (Phi) is 5.38. The second-order valence-electron chi connectivity index (χ2n) is 5.99. The highest BCUT2D eigenvalue weighted by Gasteiger charge is 2.16. The van der Waals surface area contributed by atoms with E-state index in [2.05, 4.69) is 20.6 Å². The van der Waals surface area contributed by atoms with Crippen LogP contribution in [0.25, 0.3) is 10.8 Å². The van der Waals surface area contributed by atoms with E-state index in [1.165, 1.54) is 16.0 Å². The van der Waals surface area contributed by atoms with E-state index < -0.39 is 0 Å². The molecule has 0 aliphatic heterocycles. The Balaban J connectivity index is 1.88. The molecule has 2 heterocycles. The molecule has 0 unspecified atom stereocenters. The third kappa shape index (κ3) is 3.78. The van der Waals surface area contributed by atoms with Gasteiger partial charge in [0, 0.05) is 12.5 Å². The number of hydrogen-bond donors (Lipinski definition) is 1. The lowest BCUT2D eigenvalue weighted by Crippen LogP contribution is -2.27. The number of benzene rings is 1. The topological polar surface area (TPSA) is 99.0 Å². The van der Waals surface area contributed by atoms with Crippen molar-refractivity contribution in [3.8, 4) is 0 Å². The summed E-state index contributed by atoms with van der Waals surface area (Å²) in [6.07, 6.45) is 0.0344. The highest BCUT2D eigenvalue weighted by Crippen LogP contribution is 2.18. The molecular formula is C17H19N5O3S. The highest BCUT2D eigenvalue weighted by molar-refractivity contribution is 7.15. The summed E-state index contributed by atoms with van der Waals surface area (Å²) in [6, 6.07) is 7.08. The molecule has 0 aliphatic rings. The summed E-state index contributed by atoms with van der Waals surface area (Å²) in [7, 11) is 1.57. The van der Waals surface area contributed by atoms with Gasteiger partial charge in [-0.15, -0.1) is 10.2 Å². The highest BCUT2D eigenvalue weighted by atomic mass is 32.1. The molecule has 0 radical (unpaired) electrons. The van der Waals surface area contributed by atoms with Crippen LogP contribution in [-0.4, -0.2) is 33.0 Å². The first kappa shape index (κ1) is 18.2. The molecule has 136 valence electrons. The van der Waals surface area contributed by atoms with Gasteiger partial charge < -0.3 is 10.1 Å². The van der Waals surface area contributed by atoms with Gasteiger partial charge in [-0.3, -0.25) is 9.59 Å². The van der Waals surface area contributed by atoms with E-state index in [0.29, 0.717) is 33.2 Å². The van der Waals surface area contributed by atoms with E-state index in [1.807, 2.05) is 19.9 Å². The number of aromatic nitrogens is 4. The van der Waals surface area contributed by atoms with Gasteiger partial charge in [0.05, 0.1) is 23.5 Å². The van der Waals surface area contributed by atoms with Crippen LogP contribution in [0.1, 0.15) is 30.6 Å². The molecule has 1 aromatic carbocycles. The SMILES string of the molecule is COCc1nnc(NC(=O)Cc2nn(C(C)C)c(=O)c3ccccc23)s1. The lowest BCUT2D eigenvalue weighted by molar-refractivity contribution is -0.115. The van der Waals surface area contributed by atoms with Crippen LogP contribution < -0.4 is 10.9 Å².